The van der Waals surface area contributed by atoms with Gasteiger partial charge < -0.3 is 14.9 Å². The van der Waals surface area contributed by atoms with Crippen LogP contribution in [0.5, 0.6) is 0 Å². The van der Waals surface area contributed by atoms with E-state index in [1.54, 1.807) is 0 Å². The number of carbonyl (C=O) groups excluding carboxylic acids is 1. The number of aliphatic hydroxyl groups excluding tert-OH is 2. The molecule has 0 aliphatic carbocycles. The molecule has 0 unspecified atom stereocenters. The third-order valence-electron chi connectivity index (χ3n) is 2.89. The van der Waals surface area contributed by atoms with E-state index in [0.29, 0.717) is 5.56 Å². The second-order valence-corrected chi connectivity index (χ2v) is 6.56. The number of carbonyl (C=O) groups is 1. The summed E-state index contributed by atoms with van der Waals surface area (Å²) in [6, 6.07) is 5.69. The molecule has 0 fully saturated rings. The van der Waals surface area contributed by atoms with E-state index in [4.69, 9.17) is 10.2 Å². The van der Waals surface area contributed by atoms with Crippen LogP contribution in [-0.4, -0.2) is 50.5 Å². The number of esters is 1. The lowest BCUT2D eigenvalue weighted by Crippen LogP contribution is -2.51. The van der Waals surface area contributed by atoms with Gasteiger partial charge in [-0.1, -0.05) is 12.1 Å². The standard InChI is InChI=1S/C13H19NO6S/c1-13(8-15,9-16)14-21(18,19)11-5-3-10(4-6-11)7-12(17)20-2/h3-6,14-16H,7-9H2,1-2H3. The maximum Gasteiger partial charge on any atom is 0.309 e. The van der Waals surface area contributed by atoms with Crippen molar-refractivity contribution in [1.29, 1.82) is 0 Å². The summed E-state index contributed by atoms with van der Waals surface area (Å²) in [4.78, 5) is 11.1. The Hall–Kier alpha value is -1.48. The molecule has 3 N–H and O–H groups in total. The molecule has 1 aromatic rings. The first-order valence-electron chi connectivity index (χ1n) is 6.18. The minimum Gasteiger partial charge on any atom is -0.469 e. The van der Waals surface area contributed by atoms with Gasteiger partial charge >= 0.3 is 5.97 Å². The normalized spacial score (nSPS) is 12.2. The molecule has 0 saturated heterocycles. The summed E-state index contributed by atoms with van der Waals surface area (Å²) in [6.45, 7) is 0.308. The summed E-state index contributed by atoms with van der Waals surface area (Å²) < 4.78 is 31.0. The minimum atomic E-state index is -3.88. The van der Waals surface area contributed by atoms with Gasteiger partial charge in [0.1, 0.15) is 0 Å². The Kier molecular flexibility index (Phi) is 5.85. The quantitative estimate of drug-likeness (QED) is 0.580. The van der Waals surface area contributed by atoms with Gasteiger partial charge in [0.2, 0.25) is 10.0 Å². The second-order valence-electron chi connectivity index (χ2n) is 4.88. The third kappa shape index (κ3) is 4.78. The number of benzene rings is 1. The van der Waals surface area contributed by atoms with Gasteiger partial charge in [-0.3, -0.25) is 4.79 Å². The molecule has 0 spiro atoms. The molecular weight excluding hydrogens is 298 g/mol. The number of nitrogens with one attached hydrogen (secondary N) is 1. The first-order chi connectivity index (χ1) is 9.76. The van der Waals surface area contributed by atoms with Gasteiger partial charge in [0.25, 0.3) is 0 Å². The van der Waals surface area contributed by atoms with Crippen molar-refractivity contribution in [3.63, 3.8) is 0 Å². The van der Waals surface area contributed by atoms with Crippen LogP contribution in [0, 0.1) is 0 Å². The molecule has 0 atom stereocenters. The van der Waals surface area contributed by atoms with Gasteiger partial charge in [0, 0.05) is 0 Å². The summed E-state index contributed by atoms with van der Waals surface area (Å²) in [7, 11) is -2.61. The molecule has 0 heterocycles. The predicted octanol–water partition coefficient (Wildman–Crippen LogP) is -0.576. The lowest BCUT2D eigenvalue weighted by molar-refractivity contribution is -0.139. The van der Waals surface area contributed by atoms with Crippen molar-refractivity contribution in [3.8, 4) is 0 Å². The van der Waals surface area contributed by atoms with Crippen molar-refractivity contribution in [3.05, 3.63) is 29.8 Å². The Morgan fingerprint density at radius 3 is 2.19 bits per heavy atom. The van der Waals surface area contributed by atoms with Gasteiger partial charge in [0.15, 0.2) is 0 Å². The fourth-order valence-corrected chi connectivity index (χ4v) is 2.91. The summed E-state index contributed by atoms with van der Waals surface area (Å²) in [6.07, 6.45) is 0.0508. The van der Waals surface area contributed by atoms with E-state index in [-0.39, 0.29) is 11.3 Å². The monoisotopic (exact) mass is 317 g/mol. The van der Waals surface area contributed by atoms with E-state index in [0.717, 1.165) is 0 Å². The van der Waals surface area contributed by atoms with Crippen molar-refractivity contribution in [2.45, 2.75) is 23.8 Å². The van der Waals surface area contributed by atoms with Crippen molar-refractivity contribution in [2.24, 2.45) is 0 Å². The van der Waals surface area contributed by atoms with Crippen LogP contribution < -0.4 is 4.72 Å². The van der Waals surface area contributed by atoms with Crippen LogP contribution in [0.3, 0.4) is 0 Å². The van der Waals surface area contributed by atoms with Gasteiger partial charge in [-0.2, -0.15) is 0 Å². The molecule has 8 heteroatoms. The predicted molar refractivity (Wildman–Crippen MR) is 75.1 cm³/mol. The van der Waals surface area contributed by atoms with E-state index < -0.39 is 34.7 Å². The largest absolute Gasteiger partial charge is 0.469 e. The summed E-state index contributed by atoms with van der Waals surface area (Å²) in [5, 5.41) is 18.3. The number of aliphatic hydroxyl groups is 2. The number of hydrogen-bond acceptors (Lipinski definition) is 6. The molecule has 0 bridgehead atoms. The molecule has 0 saturated carbocycles. The second kappa shape index (κ2) is 6.99. The average molecular weight is 317 g/mol. The molecule has 1 aromatic carbocycles. The highest BCUT2D eigenvalue weighted by molar-refractivity contribution is 7.89. The highest BCUT2D eigenvalue weighted by Gasteiger charge is 2.29. The molecular formula is C13H19NO6S. The van der Waals surface area contributed by atoms with Crippen LogP contribution in [0.25, 0.3) is 0 Å². The molecule has 0 aromatic heterocycles. The Labute approximate surface area is 123 Å². The van der Waals surface area contributed by atoms with E-state index >= 15 is 0 Å². The van der Waals surface area contributed by atoms with Gasteiger partial charge in [0.05, 0.1) is 37.2 Å². The molecule has 0 aliphatic heterocycles. The number of hydrogen-bond donors (Lipinski definition) is 3. The molecule has 0 radical (unpaired) electrons. The van der Waals surface area contributed by atoms with Gasteiger partial charge in [-0.25, -0.2) is 13.1 Å². The number of methoxy groups -OCH3 is 1. The molecule has 118 valence electrons. The first kappa shape index (κ1) is 17.6. The third-order valence-corrected chi connectivity index (χ3v) is 4.54. The lowest BCUT2D eigenvalue weighted by Gasteiger charge is -2.25. The smallest absolute Gasteiger partial charge is 0.309 e. The fourth-order valence-electron chi connectivity index (χ4n) is 1.52. The zero-order valence-corrected chi connectivity index (χ0v) is 12.7. The van der Waals surface area contributed by atoms with Crippen LogP contribution in [0.2, 0.25) is 0 Å². The molecule has 1 rings (SSSR count). The summed E-state index contributed by atoms with van der Waals surface area (Å²) in [5.74, 6) is -0.420. The lowest BCUT2D eigenvalue weighted by atomic mass is 10.1. The zero-order valence-electron chi connectivity index (χ0n) is 11.9. The highest BCUT2D eigenvalue weighted by atomic mass is 32.2. The first-order valence-corrected chi connectivity index (χ1v) is 7.66. The SMILES string of the molecule is COC(=O)Cc1ccc(S(=O)(=O)NC(C)(CO)CO)cc1. The van der Waals surface area contributed by atoms with Gasteiger partial charge in [-0.15, -0.1) is 0 Å². The molecule has 0 amide bonds. The van der Waals surface area contributed by atoms with Crippen molar-refractivity contribution in [2.75, 3.05) is 20.3 Å². The minimum absolute atomic E-state index is 0.0239. The highest BCUT2D eigenvalue weighted by Crippen LogP contribution is 2.14. The van der Waals surface area contributed by atoms with Crippen LogP contribution in [-0.2, 0) is 26.0 Å². The summed E-state index contributed by atoms with van der Waals surface area (Å²) in [5.41, 5.74) is -0.725. The van der Waals surface area contributed by atoms with E-state index in [2.05, 4.69) is 9.46 Å². The topological polar surface area (TPSA) is 113 Å². The zero-order chi connectivity index (χ0) is 16.1. The van der Waals surface area contributed by atoms with Crippen molar-refractivity contribution in [1.82, 2.24) is 4.72 Å². The van der Waals surface area contributed by atoms with Crippen LogP contribution in [0.1, 0.15) is 12.5 Å². The van der Waals surface area contributed by atoms with Crippen molar-refractivity contribution >= 4 is 16.0 Å². The number of ether oxygens (including phenoxy) is 1. The van der Waals surface area contributed by atoms with Crippen LogP contribution in [0.4, 0.5) is 0 Å². The Morgan fingerprint density at radius 1 is 1.24 bits per heavy atom. The van der Waals surface area contributed by atoms with E-state index in [1.807, 2.05) is 0 Å². The molecule has 0 aliphatic rings. The van der Waals surface area contributed by atoms with Crippen molar-refractivity contribution < 1.29 is 28.2 Å². The number of sulfonamides is 1. The van der Waals surface area contributed by atoms with Crippen LogP contribution in [0.15, 0.2) is 29.2 Å². The maximum atomic E-state index is 12.1. The summed E-state index contributed by atoms with van der Waals surface area (Å²) >= 11 is 0. The maximum absolute atomic E-state index is 12.1. The number of rotatable bonds is 7. The van der Waals surface area contributed by atoms with E-state index in [1.165, 1.54) is 38.3 Å². The Bertz CT molecular complexity index is 577. The fraction of sp³-hybridized carbons (Fsp3) is 0.462. The van der Waals surface area contributed by atoms with Gasteiger partial charge in [-0.05, 0) is 24.6 Å². The molecule has 21 heavy (non-hydrogen) atoms. The Morgan fingerprint density at radius 2 is 1.76 bits per heavy atom. The van der Waals surface area contributed by atoms with E-state index in [9.17, 15) is 13.2 Å². The van der Waals surface area contributed by atoms with Crippen LogP contribution >= 0.6 is 0 Å². The Balaban J connectivity index is 2.92. The average Bonchev–Trinajstić information content (AvgIpc) is 2.47. The molecule has 7 nitrogen and oxygen atoms in total.